The maximum atomic E-state index is 6.45. The molecule has 0 spiro atoms. The highest BCUT2D eigenvalue weighted by Crippen LogP contribution is 2.45. The van der Waals surface area contributed by atoms with Crippen molar-refractivity contribution < 1.29 is 8.83 Å². The number of hydrogen-bond acceptors (Lipinski definition) is 2. The molecule has 2 aromatic heterocycles. The van der Waals surface area contributed by atoms with Gasteiger partial charge in [-0.2, -0.15) is 0 Å². The zero-order valence-corrected chi connectivity index (χ0v) is 22.7. The van der Waals surface area contributed by atoms with Crippen LogP contribution in [0.15, 0.2) is 154 Å². The van der Waals surface area contributed by atoms with Gasteiger partial charge in [-0.15, -0.1) is 0 Å². The van der Waals surface area contributed by atoms with E-state index in [1.165, 1.54) is 49.4 Å². The van der Waals surface area contributed by atoms with E-state index in [1.807, 2.05) is 18.2 Å². The normalized spacial score (nSPS) is 11.8. The Kier molecular flexibility index (Phi) is 4.93. The van der Waals surface area contributed by atoms with Gasteiger partial charge < -0.3 is 8.83 Å². The number of rotatable bonds is 3. The van der Waals surface area contributed by atoms with E-state index in [-0.39, 0.29) is 0 Å². The second-order valence-electron chi connectivity index (χ2n) is 10.9. The van der Waals surface area contributed by atoms with Crippen molar-refractivity contribution in [2.45, 2.75) is 0 Å². The molecule has 0 atom stereocenters. The van der Waals surface area contributed by atoms with Crippen molar-refractivity contribution in [2.24, 2.45) is 0 Å². The van der Waals surface area contributed by atoms with E-state index in [1.54, 1.807) is 0 Å². The summed E-state index contributed by atoms with van der Waals surface area (Å²) in [5, 5.41) is 6.90. The van der Waals surface area contributed by atoms with Crippen LogP contribution in [0.5, 0.6) is 0 Å². The molecule has 2 heterocycles. The van der Waals surface area contributed by atoms with Gasteiger partial charge in [-0.05, 0) is 85.3 Å². The Morgan fingerprint density at radius 2 is 0.762 bits per heavy atom. The average molecular weight is 537 g/mol. The molecule has 9 rings (SSSR count). The molecule has 0 aliphatic carbocycles. The molecule has 7 aromatic carbocycles. The SMILES string of the molecule is c1ccc(-c2cccc(-c3c4ccccc4c(-c4ccc5c(c4)oc4c6ccccc6oc54)c4ccccc34)c2)cc1. The number of hydrogen-bond donors (Lipinski definition) is 0. The number of benzene rings is 7. The summed E-state index contributed by atoms with van der Waals surface area (Å²) in [5.41, 5.74) is 10.5. The molecular formula is C40H24O2. The molecule has 0 aliphatic heterocycles. The Balaban J connectivity index is 1.31. The third-order valence-electron chi connectivity index (χ3n) is 8.47. The highest BCUT2D eigenvalue weighted by Gasteiger charge is 2.19. The van der Waals surface area contributed by atoms with Gasteiger partial charge in [0.1, 0.15) is 11.2 Å². The van der Waals surface area contributed by atoms with Gasteiger partial charge in [-0.25, -0.2) is 0 Å². The van der Waals surface area contributed by atoms with Crippen molar-refractivity contribution in [3.8, 4) is 33.4 Å². The second kappa shape index (κ2) is 8.95. The van der Waals surface area contributed by atoms with Gasteiger partial charge in [-0.1, -0.05) is 115 Å². The molecule has 42 heavy (non-hydrogen) atoms. The lowest BCUT2D eigenvalue weighted by Gasteiger charge is -2.18. The van der Waals surface area contributed by atoms with Crippen LogP contribution in [0.4, 0.5) is 0 Å². The molecule has 0 saturated heterocycles. The summed E-state index contributed by atoms with van der Waals surface area (Å²) >= 11 is 0. The van der Waals surface area contributed by atoms with Crippen LogP contribution in [0.3, 0.4) is 0 Å². The number of furan rings is 2. The van der Waals surface area contributed by atoms with Gasteiger partial charge in [0.05, 0.1) is 10.8 Å². The molecule has 0 unspecified atom stereocenters. The highest BCUT2D eigenvalue weighted by atomic mass is 16.4. The average Bonchev–Trinajstić information content (AvgIpc) is 3.60. The zero-order chi connectivity index (χ0) is 27.6. The summed E-state index contributed by atoms with van der Waals surface area (Å²) in [4.78, 5) is 0. The maximum absolute atomic E-state index is 6.45. The van der Waals surface area contributed by atoms with E-state index >= 15 is 0 Å². The Morgan fingerprint density at radius 1 is 0.286 bits per heavy atom. The van der Waals surface area contributed by atoms with Crippen LogP contribution in [0, 0.1) is 0 Å². The summed E-state index contributed by atoms with van der Waals surface area (Å²) in [7, 11) is 0. The van der Waals surface area contributed by atoms with Crippen LogP contribution in [0.1, 0.15) is 0 Å². The van der Waals surface area contributed by atoms with E-state index < -0.39 is 0 Å². The summed E-state index contributed by atoms with van der Waals surface area (Å²) < 4.78 is 12.7. The molecule has 0 radical (unpaired) electrons. The molecule has 196 valence electrons. The minimum Gasteiger partial charge on any atom is -0.452 e. The molecule has 0 aliphatic rings. The van der Waals surface area contributed by atoms with Crippen LogP contribution in [0.25, 0.3) is 88.0 Å². The lowest BCUT2D eigenvalue weighted by atomic mass is 9.85. The van der Waals surface area contributed by atoms with Gasteiger partial charge >= 0.3 is 0 Å². The first-order chi connectivity index (χ1) is 20.8. The quantitative estimate of drug-likeness (QED) is 0.210. The van der Waals surface area contributed by atoms with Crippen LogP contribution in [0.2, 0.25) is 0 Å². The van der Waals surface area contributed by atoms with Crippen molar-refractivity contribution in [3.63, 3.8) is 0 Å². The Labute approximate surface area is 242 Å². The topological polar surface area (TPSA) is 26.3 Å². The van der Waals surface area contributed by atoms with E-state index in [0.29, 0.717) is 0 Å². The summed E-state index contributed by atoms with van der Waals surface area (Å²) in [6, 6.07) is 51.6. The Hall–Kier alpha value is -5.60. The Morgan fingerprint density at radius 3 is 1.43 bits per heavy atom. The standard InChI is InChI=1S/C40H24O2/c1-2-11-25(12-3-1)26-13-10-14-27(23-26)37-29-15-4-6-17-31(29)38(32-18-7-5-16-30(32)37)28-21-22-34-36(24-28)42-39-33-19-8-9-20-35(33)41-40(34)39/h1-24H. The molecule has 2 nitrogen and oxygen atoms in total. The van der Waals surface area contributed by atoms with Crippen molar-refractivity contribution in [1.82, 2.24) is 0 Å². The predicted molar refractivity (Wildman–Crippen MR) is 175 cm³/mol. The fraction of sp³-hybridized carbons (Fsp3) is 0. The van der Waals surface area contributed by atoms with E-state index in [2.05, 4.69) is 127 Å². The van der Waals surface area contributed by atoms with E-state index in [4.69, 9.17) is 8.83 Å². The van der Waals surface area contributed by atoms with Crippen molar-refractivity contribution in [3.05, 3.63) is 146 Å². The molecule has 9 aromatic rings. The van der Waals surface area contributed by atoms with Crippen molar-refractivity contribution in [1.29, 1.82) is 0 Å². The fourth-order valence-electron chi connectivity index (χ4n) is 6.60. The first-order valence-electron chi connectivity index (χ1n) is 14.3. The van der Waals surface area contributed by atoms with Crippen LogP contribution >= 0.6 is 0 Å². The van der Waals surface area contributed by atoms with Crippen LogP contribution in [-0.4, -0.2) is 0 Å². The first kappa shape index (κ1) is 23.1. The second-order valence-corrected chi connectivity index (χ2v) is 10.9. The third-order valence-corrected chi connectivity index (χ3v) is 8.47. The molecule has 0 N–H and O–H groups in total. The van der Waals surface area contributed by atoms with E-state index in [9.17, 15) is 0 Å². The Bertz CT molecular complexity index is 2400. The van der Waals surface area contributed by atoms with Crippen LogP contribution < -0.4 is 0 Å². The van der Waals surface area contributed by atoms with Crippen LogP contribution in [-0.2, 0) is 0 Å². The maximum Gasteiger partial charge on any atom is 0.181 e. The van der Waals surface area contributed by atoms with Gasteiger partial charge in [0.25, 0.3) is 0 Å². The molecular weight excluding hydrogens is 512 g/mol. The van der Waals surface area contributed by atoms with Gasteiger partial charge in [0.2, 0.25) is 0 Å². The highest BCUT2D eigenvalue weighted by molar-refractivity contribution is 6.22. The van der Waals surface area contributed by atoms with Gasteiger partial charge in [0, 0.05) is 0 Å². The largest absolute Gasteiger partial charge is 0.452 e. The zero-order valence-electron chi connectivity index (χ0n) is 22.7. The third kappa shape index (κ3) is 3.39. The molecule has 0 fully saturated rings. The summed E-state index contributed by atoms with van der Waals surface area (Å²) in [6.45, 7) is 0. The lowest BCUT2D eigenvalue weighted by Crippen LogP contribution is -1.91. The van der Waals surface area contributed by atoms with E-state index in [0.717, 1.165) is 38.7 Å². The van der Waals surface area contributed by atoms with Gasteiger partial charge in [0.15, 0.2) is 11.2 Å². The van der Waals surface area contributed by atoms with Crippen molar-refractivity contribution in [2.75, 3.05) is 0 Å². The smallest absolute Gasteiger partial charge is 0.181 e. The minimum absolute atomic E-state index is 0.807. The van der Waals surface area contributed by atoms with Gasteiger partial charge in [-0.3, -0.25) is 0 Å². The summed E-state index contributed by atoms with van der Waals surface area (Å²) in [5.74, 6) is 0. The number of fused-ring (bicyclic) bond motifs is 7. The molecule has 0 amide bonds. The first-order valence-corrected chi connectivity index (χ1v) is 14.3. The monoisotopic (exact) mass is 536 g/mol. The fourth-order valence-corrected chi connectivity index (χ4v) is 6.60. The molecule has 0 saturated carbocycles. The predicted octanol–water partition coefficient (Wildman–Crippen LogP) is 11.6. The number of para-hydroxylation sites is 1. The lowest BCUT2D eigenvalue weighted by molar-refractivity contribution is 0.653. The molecule has 0 bridgehead atoms. The van der Waals surface area contributed by atoms with Crippen molar-refractivity contribution >= 4 is 54.6 Å². The minimum atomic E-state index is 0.807. The summed E-state index contributed by atoms with van der Waals surface area (Å²) in [6.07, 6.45) is 0. The molecule has 2 heteroatoms.